The zero-order valence-electron chi connectivity index (χ0n) is 5.65. The molecule has 0 aromatic carbocycles. The van der Waals surface area contributed by atoms with Crippen LogP contribution in [0.4, 0.5) is 0 Å². The second kappa shape index (κ2) is 4.10. The minimum Gasteiger partial charge on any atom is -0.0883 e. The number of halogens is 1. The van der Waals surface area contributed by atoms with Gasteiger partial charge < -0.3 is 0 Å². The molecule has 1 aliphatic rings. The van der Waals surface area contributed by atoms with Gasteiger partial charge in [-0.1, -0.05) is 47.3 Å². The molecule has 0 bridgehead atoms. The van der Waals surface area contributed by atoms with Crippen molar-refractivity contribution in [2.24, 2.45) is 5.92 Å². The maximum Gasteiger partial charge on any atom is 0.0212 e. The molecule has 0 saturated heterocycles. The van der Waals surface area contributed by atoms with Crippen LogP contribution < -0.4 is 0 Å². The van der Waals surface area contributed by atoms with Gasteiger partial charge in [-0.25, -0.2) is 0 Å². The van der Waals surface area contributed by atoms with E-state index in [0.717, 1.165) is 11.2 Å². The van der Waals surface area contributed by atoms with Crippen LogP contribution in [0.1, 0.15) is 25.7 Å². The molecular weight excluding hydrogens is 176 g/mol. The van der Waals surface area contributed by atoms with Crippen molar-refractivity contribution in [3.63, 3.8) is 0 Å². The fourth-order valence-electron chi connectivity index (χ4n) is 1.08. The second-order valence-corrected chi connectivity index (χ2v) is 3.31. The summed E-state index contributed by atoms with van der Waals surface area (Å²) in [6, 6.07) is 0. The molecule has 0 spiro atoms. The van der Waals surface area contributed by atoms with E-state index in [4.69, 9.17) is 0 Å². The minimum atomic E-state index is 1.01. The van der Waals surface area contributed by atoms with Crippen LogP contribution in [-0.4, -0.2) is 5.33 Å². The highest BCUT2D eigenvalue weighted by molar-refractivity contribution is 9.09. The van der Waals surface area contributed by atoms with E-state index in [9.17, 15) is 0 Å². The molecular formula is C8H13Br. The molecule has 1 heteroatoms. The smallest absolute Gasteiger partial charge is 0.0212 e. The Kier molecular flexibility index (Phi) is 3.34. The molecule has 0 unspecified atom stereocenters. The Morgan fingerprint density at radius 1 is 1.33 bits per heavy atom. The normalized spacial score (nSPS) is 20.6. The van der Waals surface area contributed by atoms with Crippen LogP contribution in [0.5, 0.6) is 0 Å². The van der Waals surface area contributed by atoms with Crippen molar-refractivity contribution in [3.8, 4) is 0 Å². The summed E-state index contributed by atoms with van der Waals surface area (Å²) in [5.41, 5.74) is 0. The molecule has 0 amide bonds. The standard InChI is InChI=1S/C8H13Br/c9-7-2-1-4-8-5-3-6-8/h1-2,8H,3-7H2. The number of allylic oxidation sites excluding steroid dienone is 2. The first-order valence-electron chi connectivity index (χ1n) is 3.64. The van der Waals surface area contributed by atoms with Crippen LogP contribution >= 0.6 is 15.9 Å². The average molecular weight is 189 g/mol. The highest BCUT2D eigenvalue weighted by Gasteiger charge is 2.14. The quantitative estimate of drug-likeness (QED) is 0.472. The third-order valence-corrected chi connectivity index (χ3v) is 2.32. The van der Waals surface area contributed by atoms with Gasteiger partial charge in [0, 0.05) is 5.33 Å². The second-order valence-electron chi connectivity index (χ2n) is 2.66. The van der Waals surface area contributed by atoms with Crippen molar-refractivity contribution < 1.29 is 0 Å². The van der Waals surface area contributed by atoms with E-state index in [2.05, 4.69) is 28.1 Å². The molecule has 52 valence electrons. The lowest BCUT2D eigenvalue weighted by molar-refractivity contribution is 0.319. The van der Waals surface area contributed by atoms with Crippen molar-refractivity contribution in [1.29, 1.82) is 0 Å². The van der Waals surface area contributed by atoms with Crippen LogP contribution in [0, 0.1) is 5.92 Å². The molecule has 1 aliphatic carbocycles. The summed E-state index contributed by atoms with van der Waals surface area (Å²) in [5, 5.41) is 1.01. The van der Waals surface area contributed by atoms with Gasteiger partial charge in [0.15, 0.2) is 0 Å². The van der Waals surface area contributed by atoms with Gasteiger partial charge in [-0.2, -0.15) is 0 Å². The van der Waals surface area contributed by atoms with Gasteiger partial charge in [-0.15, -0.1) is 0 Å². The van der Waals surface area contributed by atoms with Crippen LogP contribution in [0.2, 0.25) is 0 Å². The van der Waals surface area contributed by atoms with Crippen molar-refractivity contribution in [1.82, 2.24) is 0 Å². The highest BCUT2D eigenvalue weighted by Crippen LogP contribution is 2.29. The Morgan fingerprint density at radius 3 is 2.56 bits per heavy atom. The first kappa shape index (κ1) is 7.33. The topological polar surface area (TPSA) is 0 Å². The lowest BCUT2D eigenvalue weighted by atomic mass is 9.83. The molecule has 1 fully saturated rings. The van der Waals surface area contributed by atoms with Gasteiger partial charge >= 0.3 is 0 Å². The van der Waals surface area contributed by atoms with E-state index in [1.165, 1.54) is 25.7 Å². The fraction of sp³-hybridized carbons (Fsp3) is 0.750. The summed E-state index contributed by atoms with van der Waals surface area (Å²) >= 11 is 3.35. The molecule has 0 atom stereocenters. The lowest BCUT2D eigenvalue weighted by Crippen LogP contribution is -2.08. The van der Waals surface area contributed by atoms with Crippen LogP contribution in [0.15, 0.2) is 12.2 Å². The maximum atomic E-state index is 3.35. The minimum absolute atomic E-state index is 1.01. The first-order valence-corrected chi connectivity index (χ1v) is 4.76. The third-order valence-electron chi connectivity index (χ3n) is 1.95. The van der Waals surface area contributed by atoms with Crippen LogP contribution in [0.3, 0.4) is 0 Å². The fourth-order valence-corrected chi connectivity index (χ4v) is 1.34. The van der Waals surface area contributed by atoms with Gasteiger partial charge in [0.2, 0.25) is 0 Å². The molecule has 1 rings (SSSR count). The summed E-state index contributed by atoms with van der Waals surface area (Å²) in [5.74, 6) is 1.03. The SMILES string of the molecule is BrCC=CCC1CCC1. The molecule has 0 heterocycles. The highest BCUT2D eigenvalue weighted by atomic mass is 79.9. The molecule has 0 aromatic rings. The maximum absolute atomic E-state index is 3.35. The van der Waals surface area contributed by atoms with E-state index >= 15 is 0 Å². The van der Waals surface area contributed by atoms with Crippen LogP contribution in [-0.2, 0) is 0 Å². The van der Waals surface area contributed by atoms with Crippen molar-refractivity contribution >= 4 is 15.9 Å². The predicted octanol–water partition coefficient (Wildman–Crippen LogP) is 3.13. The first-order chi connectivity index (χ1) is 4.43. The largest absolute Gasteiger partial charge is 0.0883 e. The zero-order chi connectivity index (χ0) is 6.53. The summed E-state index contributed by atoms with van der Waals surface area (Å²) in [7, 11) is 0. The zero-order valence-corrected chi connectivity index (χ0v) is 7.23. The lowest BCUT2D eigenvalue weighted by Gasteiger charge is -2.23. The Balaban J connectivity index is 1.97. The van der Waals surface area contributed by atoms with Gasteiger partial charge in [-0.05, 0) is 12.3 Å². The number of rotatable bonds is 3. The summed E-state index contributed by atoms with van der Waals surface area (Å²) in [6.07, 6.45) is 10.2. The number of hydrogen-bond donors (Lipinski definition) is 0. The molecule has 1 saturated carbocycles. The van der Waals surface area contributed by atoms with Crippen LogP contribution in [0.25, 0.3) is 0 Å². The Morgan fingerprint density at radius 2 is 2.11 bits per heavy atom. The molecule has 0 aromatic heterocycles. The van der Waals surface area contributed by atoms with Gasteiger partial charge in [-0.3, -0.25) is 0 Å². The Labute approximate surface area is 65.5 Å². The predicted molar refractivity (Wildman–Crippen MR) is 44.9 cm³/mol. The van der Waals surface area contributed by atoms with Crippen molar-refractivity contribution in [2.45, 2.75) is 25.7 Å². The van der Waals surface area contributed by atoms with E-state index in [0.29, 0.717) is 0 Å². The molecule has 9 heavy (non-hydrogen) atoms. The van der Waals surface area contributed by atoms with E-state index in [1.54, 1.807) is 0 Å². The summed E-state index contributed by atoms with van der Waals surface area (Å²) < 4.78 is 0. The van der Waals surface area contributed by atoms with E-state index < -0.39 is 0 Å². The third kappa shape index (κ3) is 2.53. The molecule has 0 radical (unpaired) electrons. The van der Waals surface area contributed by atoms with Crippen molar-refractivity contribution in [2.75, 3.05) is 5.33 Å². The summed E-state index contributed by atoms with van der Waals surface area (Å²) in [4.78, 5) is 0. The molecule has 0 nitrogen and oxygen atoms in total. The Bertz CT molecular complexity index is 92.7. The van der Waals surface area contributed by atoms with Gasteiger partial charge in [0.1, 0.15) is 0 Å². The average Bonchev–Trinajstić information content (AvgIpc) is 1.76. The Hall–Kier alpha value is 0.220. The van der Waals surface area contributed by atoms with Gasteiger partial charge in [0.05, 0.1) is 0 Å². The monoisotopic (exact) mass is 188 g/mol. The van der Waals surface area contributed by atoms with Crippen molar-refractivity contribution in [3.05, 3.63) is 12.2 Å². The number of alkyl halides is 1. The van der Waals surface area contributed by atoms with E-state index in [1.807, 2.05) is 0 Å². The van der Waals surface area contributed by atoms with E-state index in [-0.39, 0.29) is 0 Å². The molecule has 0 aliphatic heterocycles. The molecule has 0 N–H and O–H groups in total. The number of hydrogen-bond acceptors (Lipinski definition) is 0. The summed E-state index contributed by atoms with van der Waals surface area (Å²) in [6.45, 7) is 0. The van der Waals surface area contributed by atoms with Gasteiger partial charge in [0.25, 0.3) is 0 Å².